The zero-order valence-corrected chi connectivity index (χ0v) is 19.3. The first-order chi connectivity index (χ1) is 15.2. The summed E-state index contributed by atoms with van der Waals surface area (Å²) in [5.74, 6) is -0.294. The van der Waals surface area contributed by atoms with Crippen molar-refractivity contribution in [2.45, 2.75) is 11.8 Å². The van der Waals surface area contributed by atoms with Gasteiger partial charge < -0.3 is 10.2 Å². The van der Waals surface area contributed by atoms with Crippen LogP contribution in [-0.4, -0.2) is 42.3 Å². The molecule has 0 atom stereocenters. The minimum absolute atomic E-state index is 0.0284. The lowest BCUT2D eigenvalue weighted by Gasteiger charge is -2.11. The van der Waals surface area contributed by atoms with Gasteiger partial charge in [-0.2, -0.15) is 0 Å². The number of carbonyl (C=O) groups excluding carboxylic acids is 1. The van der Waals surface area contributed by atoms with Gasteiger partial charge in [-0.15, -0.1) is 0 Å². The van der Waals surface area contributed by atoms with Gasteiger partial charge in [0.1, 0.15) is 4.90 Å². The Labute approximate surface area is 191 Å². The average Bonchev–Trinajstić information content (AvgIpc) is 3.15. The number of hydrogen-bond donors (Lipinski definition) is 1. The number of anilines is 2. The molecule has 0 aliphatic heterocycles. The highest BCUT2D eigenvalue weighted by atomic mass is 35.5. The first kappa shape index (κ1) is 21.9. The van der Waals surface area contributed by atoms with E-state index in [4.69, 9.17) is 11.6 Å². The van der Waals surface area contributed by atoms with Crippen molar-refractivity contribution in [3.63, 3.8) is 0 Å². The van der Waals surface area contributed by atoms with E-state index in [1.54, 1.807) is 38.4 Å². The number of hydrogen-bond acceptors (Lipinski definition) is 5. The van der Waals surface area contributed by atoms with Gasteiger partial charge in [0, 0.05) is 43.8 Å². The molecule has 9 heteroatoms. The van der Waals surface area contributed by atoms with E-state index in [0.717, 1.165) is 9.54 Å². The molecule has 2 aromatic carbocycles. The van der Waals surface area contributed by atoms with Gasteiger partial charge in [0.25, 0.3) is 15.9 Å². The predicted molar refractivity (Wildman–Crippen MR) is 126 cm³/mol. The molecule has 0 radical (unpaired) electrons. The van der Waals surface area contributed by atoms with Gasteiger partial charge in [0.05, 0.1) is 21.8 Å². The molecule has 0 bridgehead atoms. The van der Waals surface area contributed by atoms with E-state index >= 15 is 0 Å². The third-order valence-corrected chi connectivity index (χ3v) is 6.97. The lowest BCUT2D eigenvalue weighted by Crippen LogP contribution is -2.21. The number of aryl methyl sites for hydroxylation is 1. The standard InChI is InChI=1S/C23H21ClN4O3S/c1-15-6-9-21(20(24)11-15)26-16-7-8-18-19(23(29)27(2)3)14-28(22(18)12-16)32(30,31)17-5-4-10-25-13-17/h4-14,26H,1-3H3. The van der Waals surface area contributed by atoms with E-state index in [1.807, 2.05) is 25.1 Å². The first-order valence-electron chi connectivity index (χ1n) is 9.74. The Morgan fingerprint density at radius 1 is 1.12 bits per heavy atom. The predicted octanol–water partition coefficient (Wildman–Crippen LogP) is 4.68. The Balaban J connectivity index is 1.90. The smallest absolute Gasteiger partial charge is 0.269 e. The Hall–Kier alpha value is -3.36. The number of fused-ring (bicyclic) bond motifs is 1. The molecule has 0 aliphatic carbocycles. The summed E-state index contributed by atoms with van der Waals surface area (Å²) in [5, 5.41) is 4.30. The van der Waals surface area contributed by atoms with Gasteiger partial charge in [-0.05, 0) is 55.0 Å². The Morgan fingerprint density at radius 3 is 2.56 bits per heavy atom. The van der Waals surface area contributed by atoms with Crippen LogP contribution >= 0.6 is 11.6 Å². The van der Waals surface area contributed by atoms with Crippen molar-refractivity contribution in [3.8, 4) is 0 Å². The van der Waals surface area contributed by atoms with Crippen molar-refractivity contribution in [3.05, 3.63) is 83.3 Å². The maximum absolute atomic E-state index is 13.4. The molecular weight excluding hydrogens is 448 g/mol. The second-order valence-corrected chi connectivity index (χ2v) is 9.79. The Bertz CT molecular complexity index is 1430. The summed E-state index contributed by atoms with van der Waals surface area (Å²) in [4.78, 5) is 18.1. The van der Waals surface area contributed by atoms with Crippen LogP contribution in [0.1, 0.15) is 15.9 Å². The zero-order chi connectivity index (χ0) is 23.0. The molecule has 1 amide bonds. The first-order valence-corrected chi connectivity index (χ1v) is 11.6. The van der Waals surface area contributed by atoms with Crippen LogP contribution in [0.3, 0.4) is 0 Å². The lowest BCUT2D eigenvalue weighted by molar-refractivity contribution is 0.0829. The summed E-state index contributed by atoms with van der Waals surface area (Å²) in [6, 6.07) is 13.8. The average molecular weight is 469 g/mol. The summed E-state index contributed by atoms with van der Waals surface area (Å²) in [7, 11) is -0.735. The summed E-state index contributed by atoms with van der Waals surface area (Å²) in [6.07, 6.45) is 4.14. The molecule has 0 saturated carbocycles. The molecule has 2 aromatic heterocycles. The van der Waals surface area contributed by atoms with Crippen LogP contribution < -0.4 is 5.32 Å². The van der Waals surface area contributed by atoms with E-state index in [1.165, 1.54) is 29.6 Å². The second kappa shape index (κ2) is 8.29. The van der Waals surface area contributed by atoms with Gasteiger partial charge in [-0.1, -0.05) is 17.7 Å². The van der Waals surface area contributed by atoms with E-state index in [9.17, 15) is 13.2 Å². The number of rotatable bonds is 5. The van der Waals surface area contributed by atoms with Gasteiger partial charge in [0.2, 0.25) is 0 Å². The summed E-state index contributed by atoms with van der Waals surface area (Å²) >= 11 is 6.34. The zero-order valence-electron chi connectivity index (χ0n) is 17.7. The highest BCUT2D eigenvalue weighted by Gasteiger charge is 2.25. The minimum Gasteiger partial charge on any atom is -0.354 e. The number of nitrogens with one attached hydrogen (secondary N) is 1. The van der Waals surface area contributed by atoms with E-state index in [0.29, 0.717) is 27.3 Å². The van der Waals surface area contributed by atoms with Crippen LogP contribution in [0.5, 0.6) is 0 Å². The molecule has 7 nitrogen and oxygen atoms in total. The molecule has 0 unspecified atom stereocenters. The van der Waals surface area contributed by atoms with E-state index < -0.39 is 10.0 Å². The van der Waals surface area contributed by atoms with Crippen LogP contribution in [0.2, 0.25) is 5.02 Å². The third kappa shape index (κ3) is 3.94. The fourth-order valence-corrected chi connectivity index (χ4v) is 4.98. The maximum atomic E-state index is 13.4. The fourth-order valence-electron chi connectivity index (χ4n) is 3.38. The van der Waals surface area contributed by atoms with Crippen molar-refractivity contribution in [2.75, 3.05) is 19.4 Å². The lowest BCUT2D eigenvalue weighted by atomic mass is 10.1. The highest BCUT2D eigenvalue weighted by Crippen LogP contribution is 2.32. The highest BCUT2D eigenvalue weighted by molar-refractivity contribution is 7.90. The summed E-state index contributed by atoms with van der Waals surface area (Å²) in [5.41, 5.74) is 3.01. The van der Waals surface area contributed by atoms with Crippen LogP contribution in [-0.2, 0) is 10.0 Å². The van der Waals surface area contributed by atoms with Crippen molar-refractivity contribution in [1.82, 2.24) is 13.9 Å². The fraction of sp³-hybridized carbons (Fsp3) is 0.130. The van der Waals surface area contributed by atoms with Crippen molar-refractivity contribution < 1.29 is 13.2 Å². The normalized spacial score (nSPS) is 11.5. The van der Waals surface area contributed by atoms with E-state index in [-0.39, 0.29) is 16.4 Å². The van der Waals surface area contributed by atoms with Gasteiger partial charge in [-0.25, -0.2) is 12.4 Å². The summed E-state index contributed by atoms with van der Waals surface area (Å²) in [6.45, 7) is 1.95. The molecule has 32 heavy (non-hydrogen) atoms. The van der Waals surface area contributed by atoms with Crippen LogP contribution in [0.25, 0.3) is 10.9 Å². The van der Waals surface area contributed by atoms with Crippen molar-refractivity contribution >= 4 is 49.8 Å². The summed E-state index contributed by atoms with van der Waals surface area (Å²) < 4.78 is 27.9. The third-order valence-electron chi connectivity index (χ3n) is 5.00. The molecule has 0 saturated heterocycles. The molecule has 2 heterocycles. The number of aromatic nitrogens is 2. The number of pyridine rings is 1. The number of amides is 1. The monoisotopic (exact) mass is 468 g/mol. The molecular formula is C23H21ClN4O3S. The molecule has 0 fully saturated rings. The second-order valence-electron chi connectivity index (χ2n) is 7.57. The van der Waals surface area contributed by atoms with Crippen molar-refractivity contribution in [1.29, 1.82) is 0 Å². The Kier molecular flexibility index (Phi) is 5.66. The molecule has 164 valence electrons. The molecule has 4 aromatic rings. The minimum atomic E-state index is -3.98. The number of benzene rings is 2. The molecule has 1 N–H and O–H groups in total. The Morgan fingerprint density at radius 2 is 1.91 bits per heavy atom. The quantitative estimate of drug-likeness (QED) is 0.459. The SMILES string of the molecule is Cc1ccc(Nc2ccc3c(C(=O)N(C)C)cn(S(=O)(=O)c4cccnc4)c3c2)c(Cl)c1. The molecule has 4 rings (SSSR count). The van der Waals surface area contributed by atoms with Crippen LogP contribution in [0, 0.1) is 6.92 Å². The molecule has 0 spiro atoms. The van der Waals surface area contributed by atoms with E-state index in [2.05, 4.69) is 10.3 Å². The maximum Gasteiger partial charge on any atom is 0.269 e. The topological polar surface area (TPSA) is 84.3 Å². The van der Waals surface area contributed by atoms with Gasteiger partial charge in [-0.3, -0.25) is 9.78 Å². The number of nitrogens with zero attached hydrogens (tertiary/aromatic N) is 3. The van der Waals surface area contributed by atoms with Crippen LogP contribution in [0.4, 0.5) is 11.4 Å². The van der Waals surface area contributed by atoms with Gasteiger partial charge in [0.15, 0.2) is 0 Å². The van der Waals surface area contributed by atoms with Gasteiger partial charge >= 0.3 is 0 Å². The number of halogens is 1. The largest absolute Gasteiger partial charge is 0.354 e. The van der Waals surface area contributed by atoms with Crippen LogP contribution in [0.15, 0.2) is 72.0 Å². The number of carbonyl (C=O) groups is 1. The van der Waals surface area contributed by atoms with Crippen molar-refractivity contribution in [2.24, 2.45) is 0 Å². The molecule has 0 aliphatic rings.